The maximum absolute atomic E-state index is 13.1. The molecule has 0 saturated carbocycles. The molecule has 0 atom stereocenters. The number of halogens is 1. The van der Waals surface area contributed by atoms with Gasteiger partial charge in [-0.2, -0.15) is 8.42 Å². The van der Waals surface area contributed by atoms with Gasteiger partial charge < -0.3 is 8.92 Å². The molecule has 41 heavy (non-hydrogen) atoms. The zero-order valence-electron chi connectivity index (χ0n) is 21.1. The van der Waals surface area contributed by atoms with Crippen molar-refractivity contribution in [3.8, 4) is 11.5 Å². The smallest absolute Gasteiger partial charge is 0.339 e. The van der Waals surface area contributed by atoms with E-state index >= 15 is 0 Å². The number of hydrogen-bond donors (Lipinski definition) is 0. The molecule has 0 radical (unpaired) electrons. The summed E-state index contributed by atoms with van der Waals surface area (Å²) < 4.78 is 36.5. The van der Waals surface area contributed by atoms with Gasteiger partial charge in [0.05, 0.1) is 28.0 Å². The minimum atomic E-state index is -4.47. The second kappa shape index (κ2) is 11.4. The molecule has 5 rings (SSSR count). The number of carbonyl (C=O) groups is 2. The van der Waals surface area contributed by atoms with Gasteiger partial charge in [0.25, 0.3) is 16.8 Å². The summed E-state index contributed by atoms with van der Waals surface area (Å²) >= 11 is 4.07. The van der Waals surface area contributed by atoms with E-state index in [4.69, 9.17) is 8.92 Å². The average Bonchev–Trinajstić information content (AvgIpc) is 3.21. The lowest BCUT2D eigenvalue weighted by molar-refractivity contribution is -0.385. The summed E-state index contributed by atoms with van der Waals surface area (Å²) in [5, 5.41) is 12.7. The number of non-ortho nitro benzene ring substituents is 1. The van der Waals surface area contributed by atoms with Crippen LogP contribution in [-0.2, 0) is 21.5 Å². The zero-order valence-corrected chi connectivity index (χ0v) is 24.4. The van der Waals surface area contributed by atoms with E-state index in [1.165, 1.54) is 37.5 Å². The molecular weight excluding hydrogens is 636 g/mol. The van der Waals surface area contributed by atoms with Crippen molar-refractivity contribution in [3.05, 3.63) is 109 Å². The van der Waals surface area contributed by atoms with Gasteiger partial charge in [0.2, 0.25) is 0 Å². The minimum Gasteiger partial charge on any atom is -0.493 e. The molecule has 10 nitrogen and oxygen atoms in total. The number of fused-ring (bicyclic) bond motifs is 1. The number of nitro groups is 1. The molecule has 1 fully saturated rings. The number of thioether (sulfide) groups is 1. The van der Waals surface area contributed by atoms with Crippen molar-refractivity contribution in [3.63, 3.8) is 0 Å². The molecule has 208 valence electrons. The van der Waals surface area contributed by atoms with Crippen LogP contribution in [0.1, 0.15) is 11.1 Å². The number of ether oxygens (including phenoxy) is 1. The molecule has 0 aromatic heterocycles. The highest BCUT2D eigenvalue weighted by atomic mass is 79.9. The molecule has 0 unspecified atom stereocenters. The highest BCUT2D eigenvalue weighted by Gasteiger charge is 2.35. The van der Waals surface area contributed by atoms with Gasteiger partial charge in [-0.1, -0.05) is 42.5 Å². The van der Waals surface area contributed by atoms with Crippen LogP contribution in [0, 0.1) is 10.1 Å². The topological polar surface area (TPSA) is 133 Å². The van der Waals surface area contributed by atoms with Crippen LogP contribution in [0.15, 0.2) is 93.1 Å². The van der Waals surface area contributed by atoms with Crippen molar-refractivity contribution in [2.75, 3.05) is 7.11 Å². The average molecular weight is 656 g/mol. The third-order valence-electron chi connectivity index (χ3n) is 6.09. The van der Waals surface area contributed by atoms with Gasteiger partial charge in [-0.05, 0) is 79.9 Å². The SMILES string of the molecule is COc1cc(/C=C2\SC(=O)N(Cc3ccc4ccccc4c3)C2=O)cc(Br)c1OS(=O)(=O)c1cccc([N+](=O)[O-])c1. The molecular formula is C28H19BrN2O8S2. The molecule has 13 heteroatoms. The molecule has 1 aliphatic rings. The summed E-state index contributed by atoms with van der Waals surface area (Å²) in [4.78, 5) is 37.1. The molecule has 2 amide bonds. The number of nitro benzene ring substituents is 1. The first kappa shape index (κ1) is 28.3. The Kier molecular flexibility index (Phi) is 7.84. The standard InChI is InChI=1S/C28H19BrN2O8S2/c1-38-24-13-18(12-23(29)26(24)39-41(36,37)22-8-4-7-21(15-22)31(34)35)14-25-27(32)30(28(33)40-25)16-17-9-10-19-5-2-3-6-20(19)11-17/h2-15H,16H2,1H3/b25-14-. The van der Waals surface area contributed by atoms with Crippen molar-refractivity contribution >= 4 is 71.5 Å². The fourth-order valence-electron chi connectivity index (χ4n) is 4.12. The molecule has 0 N–H and O–H groups in total. The molecule has 4 aromatic rings. The van der Waals surface area contributed by atoms with Crippen molar-refractivity contribution in [1.82, 2.24) is 4.90 Å². The predicted molar refractivity (Wildman–Crippen MR) is 157 cm³/mol. The Morgan fingerprint density at radius 1 is 1.00 bits per heavy atom. The van der Waals surface area contributed by atoms with Crippen LogP contribution < -0.4 is 8.92 Å². The molecule has 1 aliphatic heterocycles. The Labute approximate surface area is 247 Å². The Hall–Kier alpha value is -4.20. The Bertz CT molecular complexity index is 1870. The number of carbonyl (C=O) groups excluding carboxylic acids is 2. The van der Waals surface area contributed by atoms with Crippen LogP contribution in [0.4, 0.5) is 10.5 Å². The second-order valence-corrected chi connectivity index (χ2v) is 12.2. The lowest BCUT2D eigenvalue weighted by atomic mass is 10.1. The monoisotopic (exact) mass is 654 g/mol. The summed E-state index contributed by atoms with van der Waals surface area (Å²) in [5.74, 6) is -0.646. The second-order valence-electron chi connectivity index (χ2n) is 8.78. The first-order valence-electron chi connectivity index (χ1n) is 11.9. The summed E-state index contributed by atoms with van der Waals surface area (Å²) in [6, 6.07) is 20.9. The molecule has 0 aliphatic carbocycles. The third-order valence-corrected chi connectivity index (χ3v) is 8.80. The van der Waals surface area contributed by atoms with Crippen molar-refractivity contribution in [1.29, 1.82) is 0 Å². The Morgan fingerprint density at radius 3 is 2.49 bits per heavy atom. The Morgan fingerprint density at radius 2 is 1.76 bits per heavy atom. The van der Waals surface area contributed by atoms with E-state index < -0.39 is 36.8 Å². The van der Waals surface area contributed by atoms with Crippen LogP contribution in [0.3, 0.4) is 0 Å². The number of benzene rings is 4. The van der Waals surface area contributed by atoms with E-state index in [2.05, 4.69) is 15.9 Å². The fourth-order valence-corrected chi connectivity index (χ4v) is 6.61. The van der Waals surface area contributed by atoms with Crippen LogP contribution >= 0.6 is 27.7 Å². The van der Waals surface area contributed by atoms with Gasteiger partial charge >= 0.3 is 10.1 Å². The minimum absolute atomic E-state index is 0.00928. The summed E-state index contributed by atoms with van der Waals surface area (Å²) in [6.07, 6.45) is 1.50. The zero-order chi connectivity index (χ0) is 29.3. The fraction of sp³-hybridized carbons (Fsp3) is 0.0714. The first-order valence-corrected chi connectivity index (χ1v) is 14.9. The predicted octanol–water partition coefficient (Wildman–Crippen LogP) is 6.52. The number of methoxy groups -OCH3 is 1. The van der Waals surface area contributed by atoms with E-state index in [1.807, 2.05) is 42.5 Å². The van der Waals surface area contributed by atoms with E-state index in [0.717, 1.165) is 45.1 Å². The van der Waals surface area contributed by atoms with Gasteiger partial charge in [-0.3, -0.25) is 24.6 Å². The lowest BCUT2D eigenvalue weighted by Gasteiger charge is -2.14. The number of imide groups is 1. The van der Waals surface area contributed by atoms with E-state index in [9.17, 15) is 28.1 Å². The van der Waals surface area contributed by atoms with Gasteiger partial charge in [-0.15, -0.1) is 0 Å². The van der Waals surface area contributed by atoms with Crippen LogP contribution in [-0.4, -0.2) is 36.5 Å². The molecule has 0 spiro atoms. The van der Waals surface area contributed by atoms with Crippen LogP contribution in [0.5, 0.6) is 11.5 Å². The first-order chi connectivity index (χ1) is 19.6. The number of amides is 2. The van der Waals surface area contributed by atoms with Gasteiger partial charge in [0.15, 0.2) is 11.5 Å². The summed E-state index contributed by atoms with van der Waals surface area (Å²) in [7, 11) is -3.16. The molecule has 4 aromatic carbocycles. The van der Waals surface area contributed by atoms with Gasteiger partial charge in [-0.25, -0.2) is 0 Å². The van der Waals surface area contributed by atoms with Crippen molar-refractivity contribution in [2.24, 2.45) is 0 Å². The normalized spacial score (nSPS) is 14.6. The van der Waals surface area contributed by atoms with Crippen molar-refractivity contribution < 1.29 is 31.9 Å². The Balaban J connectivity index is 1.39. The number of nitrogens with zero attached hydrogens (tertiary/aromatic N) is 2. The van der Waals surface area contributed by atoms with Gasteiger partial charge in [0, 0.05) is 12.1 Å². The molecule has 1 heterocycles. The third kappa shape index (κ3) is 5.97. The summed E-state index contributed by atoms with van der Waals surface area (Å²) in [5.41, 5.74) is 0.832. The molecule has 1 saturated heterocycles. The number of rotatable bonds is 8. The lowest BCUT2D eigenvalue weighted by Crippen LogP contribution is -2.27. The van der Waals surface area contributed by atoms with E-state index in [-0.39, 0.29) is 27.4 Å². The largest absolute Gasteiger partial charge is 0.493 e. The quantitative estimate of drug-likeness (QED) is 0.0900. The maximum Gasteiger partial charge on any atom is 0.339 e. The summed E-state index contributed by atoms with van der Waals surface area (Å²) in [6.45, 7) is 0.113. The van der Waals surface area contributed by atoms with Crippen molar-refractivity contribution in [2.45, 2.75) is 11.4 Å². The van der Waals surface area contributed by atoms with Crippen LogP contribution in [0.25, 0.3) is 16.8 Å². The molecule has 0 bridgehead atoms. The number of hydrogen-bond acceptors (Lipinski definition) is 9. The maximum atomic E-state index is 13.1. The highest BCUT2D eigenvalue weighted by Crippen LogP contribution is 2.41. The van der Waals surface area contributed by atoms with E-state index in [0.29, 0.717) is 5.56 Å². The van der Waals surface area contributed by atoms with E-state index in [1.54, 1.807) is 0 Å². The highest BCUT2D eigenvalue weighted by molar-refractivity contribution is 9.10. The van der Waals surface area contributed by atoms with Crippen LogP contribution in [0.2, 0.25) is 0 Å². The van der Waals surface area contributed by atoms with Gasteiger partial charge in [0.1, 0.15) is 4.90 Å².